The molecular formula is C13H23N3O3. The van der Waals surface area contributed by atoms with Crippen molar-refractivity contribution in [3.05, 3.63) is 0 Å². The normalized spacial score (nSPS) is 23.7. The minimum Gasteiger partial charge on any atom is -0.480 e. The molecule has 1 N–H and O–H groups in total. The first-order chi connectivity index (χ1) is 8.87. The van der Waals surface area contributed by atoms with Gasteiger partial charge in [0.1, 0.15) is 0 Å². The Balaban J connectivity index is 1.81. The molecule has 2 aliphatic rings. The number of carboxylic acids is 1. The molecule has 0 atom stereocenters. The molecule has 2 heterocycles. The summed E-state index contributed by atoms with van der Waals surface area (Å²) in [5.41, 5.74) is 0.223. The Bertz CT molecular complexity index is 362. The molecule has 108 valence electrons. The fraction of sp³-hybridized carbons (Fsp3) is 0.846. The van der Waals surface area contributed by atoms with E-state index in [1.54, 1.807) is 0 Å². The summed E-state index contributed by atoms with van der Waals surface area (Å²) in [7, 11) is 0. The summed E-state index contributed by atoms with van der Waals surface area (Å²) in [4.78, 5) is 28.6. The lowest BCUT2D eigenvalue weighted by Crippen LogP contribution is -2.53. The van der Waals surface area contributed by atoms with Crippen LogP contribution in [-0.4, -0.2) is 77.6 Å². The van der Waals surface area contributed by atoms with Gasteiger partial charge in [0.25, 0.3) is 0 Å². The Kier molecular flexibility index (Phi) is 3.99. The summed E-state index contributed by atoms with van der Waals surface area (Å²) in [6.07, 6.45) is 1.05. The van der Waals surface area contributed by atoms with Gasteiger partial charge in [0.2, 0.25) is 0 Å². The Labute approximate surface area is 114 Å². The number of amides is 2. The molecule has 0 unspecified atom stereocenters. The number of carbonyl (C=O) groups excluding carboxylic acids is 1. The van der Waals surface area contributed by atoms with Crippen LogP contribution in [0.3, 0.4) is 0 Å². The zero-order valence-corrected chi connectivity index (χ0v) is 11.8. The van der Waals surface area contributed by atoms with Gasteiger partial charge in [-0.15, -0.1) is 0 Å². The predicted octanol–water partition coefficient (Wildman–Crippen LogP) is 0.541. The van der Waals surface area contributed by atoms with Crippen LogP contribution in [0.5, 0.6) is 0 Å². The summed E-state index contributed by atoms with van der Waals surface area (Å²) in [5, 5.41) is 8.74. The van der Waals surface area contributed by atoms with E-state index in [-0.39, 0.29) is 18.0 Å². The second kappa shape index (κ2) is 5.36. The van der Waals surface area contributed by atoms with Gasteiger partial charge in [0, 0.05) is 39.3 Å². The van der Waals surface area contributed by atoms with Gasteiger partial charge in [0.05, 0.1) is 6.54 Å². The molecule has 2 saturated heterocycles. The largest absolute Gasteiger partial charge is 0.480 e. The van der Waals surface area contributed by atoms with Crippen molar-refractivity contribution < 1.29 is 14.7 Å². The molecule has 0 aromatic heterocycles. The Hall–Kier alpha value is -1.30. The van der Waals surface area contributed by atoms with Crippen molar-refractivity contribution in [3.8, 4) is 0 Å². The van der Waals surface area contributed by atoms with Gasteiger partial charge < -0.3 is 14.9 Å². The average Bonchev–Trinajstić information content (AvgIpc) is 2.69. The van der Waals surface area contributed by atoms with E-state index < -0.39 is 5.97 Å². The van der Waals surface area contributed by atoms with Crippen LogP contribution in [0, 0.1) is 5.41 Å². The van der Waals surface area contributed by atoms with Crippen molar-refractivity contribution in [1.29, 1.82) is 0 Å². The van der Waals surface area contributed by atoms with E-state index in [4.69, 9.17) is 5.11 Å². The highest BCUT2D eigenvalue weighted by Gasteiger charge is 2.34. The van der Waals surface area contributed by atoms with Gasteiger partial charge in [-0.25, -0.2) is 4.79 Å². The van der Waals surface area contributed by atoms with E-state index in [0.29, 0.717) is 26.2 Å². The number of nitrogens with zero attached hydrogens (tertiary/aromatic N) is 3. The molecular weight excluding hydrogens is 246 g/mol. The van der Waals surface area contributed by atoms with Crippen molar-refractivity contribution in [1.82, 2.24) is 14.7 Å². The lowest BCUT2D eigenvalue weighted by Gasteiger charge is -2.36. The van der Waals surface area contributed by atoms with Crippen molar-refractivity contribution in [2.45, 2.75) is 20.3 Å². The molecule has 2 amide bonds. The third-order valence-corrected chi connectivity index (χ3v) is 3.95. The quantitative estimate of drug-likeness (QED) is 0.794. The third kappa shape index (κ3) is 3.59. The highest BCUT2D eigenvalue weighted by molar-refractivity contribution is 5.75. The zero-order chi connectivity index (χ0) is 14.0. The molecule has 6 heteroatoms. The molecule has 0 aromatic rings. The lowest BCUT2D eigenvalue weighted by atomic mass is 9.93. The average molecular weight is 269 g/mol. The molecule has 6 nitrogen and oxygen atoms in total. The fourth-order valence-corrected chi connectivity index (χ4v) is 2.76. The molecule has 0 aromatic carbocycles. The Morgan fingerprint density at radius 1 is 1.05 bits per heavy atom. The van der Waals surface area contributed by atoms with E-state index in [0.717, 1.165) is 19.5 Å². The fourth-order valence-electron chi connectivity index (χ4n) is 2.76. The van der Waals surface area contributed by atoms with Gasteiger partial charge in [-0.05, 0) is 11.8 Å². The van der Waals surface area contributed by atoms with Crippen LogP contribution in [0.4, 0.5) is 4.79 Å². The van der Waals surface area contributed by atoms with E-state index in [1.807, 2.05) is 14.7 Å². The summed E-state index contributed by atoms with van der Waals surface area (Å²) >= 11 is 0. The van der Waals surface area contributed by atoms with Crippen molar-refractivity contribution >= 4 is 12.0 Å². The summed E-state index contributed by atoms with van der Waals surface area (Å²) in [6.45, 7) is 8.65. The molecule has 2 aliphatic heterocycles. The smallest absolute Gasteiger partial charge is 0.320 e. The van der Waals surface area contributed by atoms with Crippen LogP contribution in [0.15, 0.2) is 0 Å². The van der Waals surface area contributed by atoms with Crippen molar-refractivity contribution in [3.63, 3.8) is 0 Å². The minimum absolute atomic E-state index is 0.0682. The van der Waals surface area contributed by atoms with Crippen LogP contribution in [0.2, 0.25) is 0 Å². The maximum atomic E-state index is 12.3. The maximum absolute atomic E-state index is 12.3. The van der Waals surface area contributed by atoms with E-state index in [1.165, 1.54) is 0 Å². The lowest BCUT2D eigenvalue weighted by molar-refractivity contribution is -0.138. The van der Waals surface area contributed by atoms with Crippen LogP contribution in [0.1, 0.15) is 20.3 Å². The Morgan fingerprint density at radius 3 is 2.16 bits per heavy atom. The van der Waals surface area contributed by atoms with Crippen molar-refractivity contribution in [2.24, 2.45) is 5.41 Å². The van der Waals surface area contributed by atoms with Gasteiger partial charge >= 0.3 is 12.0 Å². The number of rotatable bonds is 2. The van der Waals surface area contributed by atoms with E-state index in [2.05, 4.69) is 13.8 Å². The number of aliphatic carboxylic acids is 1. The SMILES string of the molecule is CC1(C)CCN(C(=O)N2CCN(CC(=O)O)CC2)C1. The Morgan fingerprint density at radius 2 is 1.68 bits per heavy atom. The number of hydrogen-bond donors (Lipinski definition) is 1. The van der Waals surface area contributed by atoms with Crippen LogP contribution in [0.25, 0.3) is 0 Å². The zero-order valence-electron chi connectivity index (χ0n) is 11.8. The first kappa shape index (κ1) is 14.1. The standard InChI is InChI=1S/C13H23N3O3/c1-13(2)3-4-16(10-13)12(19)15-7-5-14(6-8-15)9-11(17)18/h3-10H2,1-2H3,(H,17,18). The first-order valence-electron chi connectivity index (χ1n) is 6.85. The van der Waals surface area contributed by atoms with Crippen LogP contribution >= 0.6 is 0 Å². The monoisotopic (exact) mass is 269 g/mol. The number of urea groups is 1. The second-order valence-corrected chi connectivity index (χ2v) is 6.28. The topological polar surface area (TPSA) is 64.1 Å². The van der Waals surface area contributed by atoms with Gasteiger partial charge in [-0.2, -0.15) is 0 Å². The van der Waals surface area contributed by atoms with Gasteiger partial charge in [-0.1, -0.05) is 13.8 Å². The number of carbonyl (C=O) groups is 2. The molecule has 0 saturated carbocycles. The molecule has 19 heavy (non-hydrogen) atoms. The minimum atomic E-state index is -0.805. The number of piperazine rings is 1. The summed E-state index contributed by atoms with van der Waals surface area (Å²) in [6, 6.07) is 0.112. The molecule has 0 spiro atoms. The second-order valence-electron chi connectivity index (χ2n) is 6.28. The highest BCUT2D eigenvalue weighted by Crippen LogP contribution is 2.29. The molecule has 2 rings (SSSR count). The third-order valence-electron chi connectivity index (χ3n) is 3.95. The van der Waals surface area contributed by atoms with Crippen molar-refractivity contribution in [2.75, 3.05) is 45.8 Å². The van der Waals surface area contributed by atoms with Crippen LogP contribution < -0.4 is 0 Å². The molecule has 0 aliphatic carbocycles. The predicted molar refractivity (Wildman–Crippen MR) is 71.0 cm³/mol. The van der Waals surface area contributed by atoms with Gasteiger partial charge in [0.15, 0.2) is 0 Å². The van der Waals surface area contributed by atoms with Crippen LogP contribution in [-0.2, 0) is 4.79 Å². The molecule has 0 radical (unpaired) electrons. The number of likely N-dealkylation sites (tertiary alicyclic amines) is 1. The molecule has 0 bridgehead atoms. The van der Waals surface area contributed by atoms with E-state index >= 15 is 0 Å². The van der Waals surface area contributed by atoms with Gasteiger partial charge in [-0.3, -0.25) is 9.69 Å². The molecule has 2 fully saturated rings. The summed E-state index contributed by atoms with van der Waals surface area (Å²) in [5.74, 6) is -0.805. The number of carboxylic acid groups (broad SMARTS) is 1. The highest BCUT2D eigenvalue weighted by atomic mass is 16.4. The maximum Gasteiger partial charge on any atom is 0.320 e. The number of hydrogen-bond acceptors (Lipinski definition) is 3. The van der Waals surface area contributed by atoms with E-state index in [9.17, 15) is 9.59 Å². The first-order valence-corrected chi connectivity index (χ1v) is 6.85. The summed E-state index contributed by atoms with van der Waals surface area (Å²) < 4.78 is 0.